The second-order valence-electron chi connectivity index (χ2n) is 4.42. The zero-order valence-corrected chi connectivity index (χ0v) is 13.9. The van der Waals surface area contributed by atoms with Crippen molar-refractivity contribution < 1.29 is 0 Å². The molecular weight excluding hydrogens is 313 g/mol. The first-order valence-corrected chi connectivity index (χ1v) is 8.38. The summed E-state index contributed by atoms with van der Waals surface area (Å²) in [6, 6.07) is 5.58. The summed E-state index contributed by atoms with van der Waals surface area (Å²) < 4.78 is 2.16. The van der Waals surface area contributed by atoms with Crippen LogP contribution in [0.2, 0.25) is 10.0 Å². The van der Waals surface area contributed by atoms with Crippen LogP contribution in [0.15, 0.2) is 23.4 Å². The molecule has 0 saturated carbocycles. The lowest BCUT2D eigenvalue weighted by Crippen LogP contribution is -2.03. The molecule has 0 unspecified atom stereocenters. The summed E-state index contributed by atoms with van der Waals surface area (Å²) in [6.07, 6.45) is 2.04. The molecule has 0 radical (unpaired) electrons. The molecule has 3 nitrogen and oxygen atoms in total. The predicted molar refractivity (Wildman–Crippen MR) is 85.7 cm³/mol. The van der Waals surface area contributed by atoms with E-state index in [4.69, 9.17) is 23.2 Å². The van der Waals surface area contributed by atoms with E-state index in [0.717, 1.165) is 41.7 Å². The van der Waals surface area contributed by atoms with E-state index in [0.29, 0.717) is 10.0 Å². The normalized spacial score (nSPS) is 11.0. The van der Waals surface area contributed by atoms with E-state index >= 15 is 0 Å². The Hall–Kier alpha value is -0.710. The molecule has 6 heteroatoms. The van der Waals surface area contributed by atoms with Crippen LogP contribution in [-0.4, -0.2) is 14.8 Å². The average Bonchev–Trinajstić information content (AvgIpc) is 2.80. The van der Waals surface area contributed by atoms with Crippen LogP contribution in [0.25, 0.3) is 0 Å². The van der Waals surface area contributed by atoms with Crippen LogP contribution in [-0.2, 0) is 18.7 Å². The number of rotatable bonds is 6. The summed E-state index contributed by atoms with van der Waals surface area (Å²) in [5.41, 5.74) is 1.06. The lowest BCUT2D eigenvalue weighted by atomic mass is 10.2. The number of hydrogen-bond acceptors (Lipinski definition) is 3. The van der Waals surface area contributed by atoms with Gasteiger partial charge in [0, 0.05) is 28.8 Å². The molecule has 0 fully saturated rings. The molecule has 2 aromatic rings. The largest absolute Gasteiger partial charge is 0.306 e. The van der Waals surface area contributed by atoms with E-state index in [-0.39, 0.29) is 0 Å². The van der Waals surface area contributed by atoms with E-state index in [9.17, 15) is 0 Å². The molecule has 0 bridgehead atoms. The Labute approximate surface area is 133 Å². The number of hydrogen-bond donors (Lipinski definition) is 0. The SMILES string of the molecule is CCCc1nnc(SCc2ccc(Cl)cc2Cl)n1CC. The minimum absolute atomic E-state index is 0.658. The second-order valence-corrected chi connectivity index (χ2v) is 6.20. The Bertz CT molecular complexity index is 584. The van der Waals surface area contributed by atoms with Crippen LogP contribution >= 0.6 is 35.0 Å². The Morgan fingerprint density at radius 3 is 2.65 bits per heavy atom. The molecule has 1 aromatic heterocycles. The minimum Gasteiger partial charge on any atom is -0.306 e. The van der Waals surface area contributed by atoms with Crippen molar-refractivity contribution in [2.75, 3.05) is 0 Å². The third-order valence-electron chi connectivity index (χ3n) is 2.96. The lowest BCUT2D eigenvalue weighted by molar-refractivity contribution is 0.634. The van der Waals surface area contributed by atoms with Crippen molar-refractivity contribution in [2.45, 2.75) is 44.1 Å². The van der Waals surface area contributed by atoms with Crippen LogP contribution in [0, 0.1) is 0 Å². The number of aryl methyl sites for hydroxylation is 1. The Balaban J connectivity index is 2.10. The van der Waals surface area contributed by atoms with Gasteiger partial charge in [0.05, 0.1) is 0 Å². The maximum Gasteiger partial charge on any atom is 0.191 e. The van der Waals surface area contributed by atoms with Crippen LogP contribution in [0.5, 0.6) is 0 Å². The third-order valence-corrected chi connectivity index (χ3v) is 4.56. The van der Waals surface area contributed by atoms with Crippen LogP contribution in [0.4, 0.5) is 0 Å². The van der Waals surface area contributed by atoms with Gasteiger partial charge in [-0.1, -0.05) is 48.0 Å². The van der Waals surface area contributed by atoms with Gasteiger partial charge in [0.25, 0.3) is 0 Å². The van der Waals surface area contributed by atoms with Gasteiger partial charge in [-0.25, -0.2) is 0 Å². The highest BCUT2D eigenvalue weighted by Crippen LogP contribution is 2.28. The van der Waals surface area contributed by atoms with Gasteiger partial charge < -0.3 is 4.57 Å². The fourth-order valence-electron chi connectivity index (χ4n) is 1.93. The molecule has 20 heavy (non-hydrogen) atoms. The molecule has 0 aliphatic rings. The number of benzene rings is 1. The Morgan fingerprint density at radius 2 is 2.00 bits per heavy atom. The molecule has 108 valence electrons. The van der Waals surface area contributed by atoms with Crippen molar-refractivity contribution in [3.8, 4) is 0 Å². The van der Waals surface area contributed by atoms with Crippen LogP contribution in [0.1, 0.15) is 31.7 Å². The van der Waals surface area contributed by atoms with E-state index < -0.39 is 0 Å². The number of nitrogens with zero attached hydrogens (tertiary/aromatic N) is 3. The third kappa shape index (κ3) is 3.68. The fraction of sp³-hybridized carbons (Fsp3) is 0.429. The van der Waals surface area contributed by atoms with Crippen LogP contribution in [0.3, 0.4) is 0 Å². The van der Waals surface area contributed by atoms with E-state index in [1.165, 1.54) is 0 Å². The van der Waals surface area contributed by atoms with Gasteiger partial charge in [-0.15, -0.1) is 10.2 Å². The molecule has 1 heterocycles. The van der Waals surface area contributed by atoms with Crippen molar-refractivity contribution >= 4 is 35.0 Å². The fourth-order valence-corrected chi connectivity index (χ4v) is 3.51. The van der Waals surface area contributed by atoms with Crippen molar-refractivity contribution in [3.05, 3.63) is 39.6 Å². The highest BCUT2D eigenvalue weighted by molar-refractivity contribution is 7.98. The molecular formula is C14H17Cl2N3S. The molecule has 0 N–H and O–H groups in total. The number of aromatic nitrogens is 3. The summed E-state index contributed by atoms with van der Waals surface area (Å²) in [5.74, 6) is 1.82. The standard InChI is InChI=1S/C14H17Cl2N3S/c1-3-5-13-17-18-14(19(13)4-2)20-9-10-6-7-11(15)8-12(10)16/h6-8H,3-5,9H2,1-2H3. The van der Waals surface area contributed by atoms with Gasteiger partial charge >= 0.3 is 0 Å². The number of halogens is 2. The summed E-state index contributed by atoms with van der Waals surface area (Å²) in [4.78, 5) is 0. The van der Waals surface area contributed by atoms with E-state index in [2.05, 4.69) is 28.6 Å². The van der Waals surface area contributed by atoms with Gasteiger partial charge in [0.1, 0.15) is 5.82 Å². The van der Waals surface area contributed by atoms with Gasteiger partial charge in [-0.2, -0.15) is 0 Å². The highest BCUT2D eigenvalue weighted by Gasteiger charge is 2.11. The van der Waals surface area contributed by atoms with E-state index in [1.807, 2.05) is 12.1 Å². The van der Waals surface area contributed by atoms with Crippen molar-refractivity contribution in [2.24, 2.45) is 0 Å². The minimum atomic E-state index is 0.658. The van der Waals surface area contributed by atoms with Gasteiger partial charge in [0.15, 0.2) is 5.16 Å². The molecule has 0 saturated heterocycles. The predicted octanol–water partition coefficient (Wildman–Crippen LogP) is 4.85. The summed E-state index contributed by atoms with van der Waals surface area (Å²) >= 11 is 13.7. The number of thioether (sulfide) groups is 1. The Morgan fingerprint density at radius 1 is 1.20 bits per heavy atom. The van der Waals surface area contributed by atoms with Crippen molar-refractivity contribution in [1.82, 2.24) is 14.8 Å². The first-order valence-electron chi connectivity index (χ1n) is 6.64. The zero-order chi connectivity index (χ0) is 14.5. The zero-order valence-electron chi connectivity index (χ0n) is 11.6. The molecule has 1 aromatic carbocycles. The average molecular weight is 330 g/mol. The van der Waals surface area contributed by atoms with Gasteiger partial charge in [-0.05, 0) is 31.0 Å². The lowest BCUT2D eigenvalue weighted by Gasteiger charge is -2.07. The van der Waals surface area contributed by atoms with Crippen molar-refractivity contribution in [1.29, 1.82) is 0 Å². The summed E-state index contributed by atoms with van der Waals surface area (Å²) in [7, 11) is 0. The first-order chi connectivity index (χ1) is 9.65. The molecule has 0 atom stereocenters. The smallest absolute Gasteiger partial charge is 0.191 e. The van der Waals surface area contributed by atoms with Gasteiger partial charge in [-0.3, -0.25) is 0 Å². The van der Waals surface area contributed by atoms with E-state index in [1.54, 1.807) is 17.8 Å². The summed E-state index contributed by atoms with van der Waals surface area (Å²) in [6.45, 7) is 5.15. The topological polar surface area (TPSA) is 30.7 Å². The van der Waals surface area contributed by atoms with Crippen LogP contribution < -0.4 is 0 Å². The first kappa shape index (κ1) is 15.7. The molecule has 0 aliphatic carbocycles. The maximum atomic E-state index is 6.18. The Kier molecular flexibility index (Phi) is 5.75. The maximum absolute atomic E-state index is 6.18. The molecule has 0 amide bonds. The highest BCUT2D eigenvalue weighted by atomic mass is 35.5. The van der Waals surface area contributed by atoms with Crippen molar-refractivity contribution in [3.63, 3.8) is 0 Å². The molecule has 0 aliphatic heterocycles. The van der Waals surface area contributed by atoms with Gasteiger partial charge in [0.2, 0.25) is 0 Å². The second kappa shape index (κ2) is 7.34. The monoisotopic (exact) mass is 329 g/mol. The quantitative estimate of drug-likeness (QED) is 0.710. The summed E-state index contributed by atoms with van der Waals surface area (Å²) in [5, 5.41) is 10.8. The molecule has 0 spiro atoms. The molecule has 2 rings (SSSR count).